The fourth-order valence-corrected chi connectivity index (χ4v) is 5.55. The van der Waals surface area contributed by atoms with Crippen LogP contribution in [0.15, 0.2) is 47.9 Å². The monoisotopic (exact) mass is 283 g/mol. The van der Waals surface area contributed by atoms with Crippen LogP contribution in [0.5, 0.6) is 0 Å². The molecule has 3 aliphatic rings. The van der Waals surface area contributed by atoms with Crippen LogP contribution < -0.4 is 4.90 Å². The standard InChI is InChI=1S/C18H21NS/c1-19(2)15-7-5-12(6-8-15)16-9-10-20-18-14-4-3-13(11-14)17(16)18/h3-10,13-14,16-18H,11H2,1-2H3/t13-,14+,16+,17?,18?/m1/s1. The summed E-state index contributed by atoms with van der Waals surface area (Å²) in [6.07, 6.45) is 8.76. The smallest absolute Gasteiger partial charge is 0.0361 e. The average molecular weight is 283 g/mol. The molecule has 2 bridgehead atoms. The summed E-state index contributed by atoms with van der Waals surface area (Å²) in [5, 5.41) is 3.16. The first-order chi connectivity index (χ1) is 9.74. The molecule has 104 valence electrons. The molecule has 1 heterocycles. The highest BCUT2D eigenvalue weighted by atomic mass is 32.2. The van der Waals surface area contributed by atoms with Gasteiger partial charge < -0.3 is 4.90 Å². The molecular formula is C18H21NS. The molecule has 1 aliphatic heterocycles. The van der Waals surface area contributed by atoms with Gasteiger partial charge in [0.2, 0.25) is 0 Å². The number of anilines is 1. The number of allylic oxidation sites excluding steroid dienone is 3. The summed E-state index contributed by atoms with van der Waals surface area (Å²) in [6.45, 7) is 0. The Labute approximate surface area is 125 Å². The Morgan fingerprint density at radius 2 is 1.75 bits per heavy atom. The molecule has 20 heavy (non-hydrogen) atoms. The first-order valence-corrected chi connectivity index (χ1v) is 8.46. The predicted octanol–water partition coefficient (Wildman–Crippen LogP) is 4.29. The van der Waals surface area contributed by atoms with Gasteiger partial charge in [-0.25, -0.2) is 0 Å². The number of rotatable bonds is 2. The third-order valence-corrected chi connectivity index (χ3v) is 6.47. The van der Waals surface area contributed by atoms with Gasteiger partial charge in [-0.15, -0.1) is 11.8 Å². The minimum Gasteiger partial charge on any atom is -0.378 e. The summed E-state index contributed by atoms with van der Waals surface area (Å²) in [5.74, 6) is 3.05. The van der Waals surface area contributed by atoms with E-state index in [-0.39, 0.29) is 0 Å². The van der Waals surface area contributed by atoms with Crippen molar-refractivity contribution < 1.29 is 0 Å². The van der Waals surface area contributed by atoms with Crippen molar-refractivity contribution in [1.82, 2.24) is 0 Å². The molecule has 4 rings (SSSR count). The van der Waals surface area contributed by atoms with E-state index in [4.69, 9.17) is 0 Å². The van der Waals surface area contributed by atoms with Crippen LogP contribution in [0.2, 0.25) is 0 Å². The molecule has 1 aromatic carbocycles. The Morgan fingerprint density at radius 3 is 2.50 bits per heavy atom. The number of fused-ring (bicyclic) bond motifs is 5. The zero-order valence-electron chi connectivity index (χ0n) is 12.1. The van der Waals surface area contributed by atoms with Gasteiger partial charge in [0, 0.05) is 31.0 Å². The molecule has 0 N–H and O–H groups in total. The van der Waals surface area contributed by atoms with E-state index in [2.05, 4.69) is 78.7 Å². The first kappa shape index (κ1) is 12.6. The predicted molar refractivity (Wildman–Crippen MR) is 88.3 cm³/mol. The Kier molecular flexibility index (Phi) is 2.95. The molecule has 0 aromatic heterocycles. The molecular weight excluding hydrogens is 262 g/mol. The summed E-state index contributed by atoms with van der Waals surface area (Å²) >= 11 is 2.06. The van der Waals surface area contributed by atoms with Gasteiger partial charge in [-0.2, -0.15) is 0 Å². The minimum atomic E-state index is 0.609. The number of nitrogens with zero attached hydrogens (tertiary/aromatic N) is 1. The highest BCUT2D eigenvalue weighted by Gasteiger charge is 2.48. The highest BCUT2D eigenvalue weighted by molar-refractivity contribution is 8.02. The number of benzene rings is 1. The summed E-state index contributed by atoms with van der Waals surface area (Å²) in [5.41, 5.74) is 2.77. The van der Waals surface area contributed by atoms with Gasteiger partial charge in [0.15, 0.2) is 0 Å². The van der Waals surface area contributed by atoms with Crippen LogP contribution in [0, 0.1) is 17.8 Å². The van der Waals surface area contributed by atoms with Crippen LogP contribution >= 0.6 is 11.8 Å². The number of hydrogen-bond acceptors (Lipinski definition) is 2. The minimum absolute atomic E-state index is 0.609. The van der Waals surface area contributed by atoms with E-state index in [0.717, 1.165) is 23.0 Å². The van der Waals surface area contributed by atoms with Gasteiger partial charge in [0.05, 0.1) is 0 Å². The van der Waals surface area contributed by atoms with E-state index < -0.39 is 0 Å². The van der Waals surface area contributed by atoms with Crippen LogP contribution in [0.4, 0.5) is 5.69 Å². The molecule has 5 atom stereocenters. The zero-order valence-corrected chi connectivity index (χ0v) is 12.9. The van der Waals surface area contributed by atoms with Gasteiger partial charge in [-0.1, -0.05) is 30.4 Å². The Hall–Kier alpha value is -1.15. The number of hydrogen-bond donors (Lipinski definition) is 0. The molecule has 0 saturated heterocycles. The molecule has 0 radical (unpaired) electrons. The molecule has 0 amide bonds. The van der Waals surface area contributed by atoms with Crippen LogP contribution in [0.1, 0.15) is 17.9 Å². The molecule has 1 aromatic rings. The zero-order chi connectivity index (χ0) is 13.7. The quantitative estimate of drug-likeness (QED) is 0.745. The second-order valence-electron chi connectivity index (χ2n) is 6.47. The van der Waals surface area contributed by atoms with E-state index in [1.165, 1.54) is 17.7 Å². The van der Waals surface area contributed by atoms with Crippen LogP contribution in [0.25, 0.3) is 0 Å². The maximum absolute atomic E-state index is 2.48. The maximum Gasteiger partial charge on any atom is 0.0361 e. The lowest BCUT2D eigenvalue weighted by atomic mass is 9.77. The van der Waals surface area contributed by atoms with Crippen molar-refractivity contribution in [3.05, 3.63) is 53.5 Å². The lowest BCUT2D eigenvalue weighted by molar-refractivity contribution is 0.414. The van der Waals surface area contributed by atoms with E-state index in [9.17, 15) is 0 Å². The molecule has 2 heteroatoms. The molecule has 1 saturated carbocycles. The van der Waals surface area contributed by atoms with E-state index in [1.54, 1.807) is 0 Å². The lowest BCUT2D eigenvalue weighted by Gasteiger charge is -2.35. The Balaban J connectivity index is 1.65. The fraction of sp³-hybridized carbons (Fsp3) is 0.444. The van der Waals surface area contributed by atoms with E-state index in [1.807, 2.05) is 0 Å². The third kappa shape index (κ3) is 1.85. The van der Waals surface area contributed by atoms with Gasteiger partial charge in [-0.3, -0.25) is 0 Å². The van der Waals surface area contributed by atoms with E-state index >= 15 is 0 Å². The number of thioether (sulfide) groups is 1. The normalized spacial score (nSPS) is 37.2. The van der Waals surface area contributed by atoms with Crippen molar-refractivity contribution in [2.75, 3.05) is 19.0 Å². The topological polar surface area (TPSA) is 3.24 Å². The van der Waals surface area contributed by atoms with Crippen LogP contribution in [-0.4, -0.2) is 19.3 Å². The van der Waals surface area contributed by atoms with Crippen molar-refractivity contribution >= 4 is 17.4 Å². The average Bonchev–Trinajstić information content (AvgIpc) is 3.09. The maximum atomic E-state index is 2.48. The van der Waals surface area contributed by atoms with Crippen LogP contribution in [0.3, 0.4) is 0 Å². The molecule has 1 fully saturated rings. The van der Waals surface area contributed by atoms with Crippen molar-refractivity contribution in [3.63, 3.8) is 0 Å². The first-order valence-electron chi connectivity index (χ1n) is 7.52. The SMILES string of the molecule is CN(C)c1ccc([C@@H]2C=CSC3C2[C@@H]2C=C[C@H]3C2)cc1. The Morgan fingerprint density at radius 1 is 1.00 bits per heavy atom. The second-order valence-corrected chi connectivity index (χ2v) is 7.56. The Bertz CT molecular complexity index is 557. The van der Waals surface area contributed by atoms with E-state index in [0.29, 0.717) is 5.92 Å². The molecule has 1 nitrogen and oxygen atoms in total. The van der Waals surface area contributed by atoms with Gasteiger partial charge in [0.1, 0.15) is 0 Å². The molecule has 2 unspecified atom stereocenters. The molecule has 0 spiro atoms. The van der Waals surface area contributed by atoms with Crippen molar-refractivity contribution in [2.24, 2.45) is 17.8 Å². The van der Waals surface area contributed by atoms with Crippen molar-refractivity contribution in [2.45, 2.75) is 17.6 Å². The molecule has 2 aliphatic carbocycles. The second kappa shape index (κ2) is 4.70. The van der Waals surface area contributed by atoms with Crippen molar-refractivity contribution in [1.29, 1.82) is 0 Å². The largest absolute Gasteiger partial charge is 0.378 e. The third-order valence-electron chi connectivity index (χ3n) is 5.18. The van der Waals surface area contributed by atoms with Gasteiger partial charge in [-0.05, 0) is 47.3 Å². The van der Waals surface area contributed by atoms with Gasteiger partial charge >= 0.3 is 0 Å². The summed E-state index contributed by atoms with van der Waals surface area (Å²) < 4.78 is 0. The summed E-state index contributed by atoms with van der Waals surface area (Å²) in [6, 6.07) is 9.16. The van der Waals surface area contributed by atoms with Gasteiger partial charge in [0.25, 0.3) is 0 Å². The van der Waals surface area contributed by atoms with Crippen LogP contribution in [-0.2, 0) is 0 Å². The highest BCUT2D eigenvalue weighted by Crippen LogP contribution is 2.57. The summed E-state index contributed by atoms with van der Waals surface area (Å²) in [7, 11) is 4.20. The lowest BCUT2D eigenvalue weighted by Crippen LogP contribution is -2.29. The summed E-state index contributed by atoms with van der Waals surface area (Å²) in [4.78, 5) is 2.17. The fourth-order valence-electron chi connectivity index (χ4n) is 4.15. The van der Waals surface area contributed by atoms with Crippen molar-refractivity contribution in [3.8, 4) is 0 Å².